The van der Waals surface area contributed by atoms with Crippen LogP contribution in [0.15, 0.2) is 53.1 Å². The van der Waals surface area contributed by atoms with E-state index in [-0.39, 0.29) is 24.2 Å². The zero-order valence-corrected chi connectivity index (χ0v) is 16.3. The van der Waals surface area contributed by atoms with Crippen LogP contribution < -0.4 is 4.74 Å². The normalized spacial score (nSPS) is 16.6. The number of carbonyl (C=O) groups excluding carboxylic acids is 1. The van der Waals surface area contributed by atoms with Crippen LogP contribution in [0.1, 0.15) is 24.7 Å². The Morgan fingerprint density at radius 1 is 1.21 bits per heavy atom. The summed E-state index contributed by atoms with van der Waals surface area (Å²) in [6.07, 6.45) is 1.69. The number of nitrogens with zero attached hydrogens (tertiary/aromatic N) is 3. The maximum absolute atomic E-state index is 13.1. The van der Waals surface area contributed by atoms with Crippen molar-refractivity contribution < 1.29 is 18.4 Å². The van der Waals surface area contributed by atoms with Gasteiger partial charge in [-0.05, 0) is 61.4 Å². The lowest BCUT2D eigenvalue weighted by atomic mass is 9.98. The fourth-order valence-corrected chi connectivity index (χ4v) is 3.42. The first kappa shape index (κ1) is 19.4. The number of amides is 1. The average molecular weight is 416 g/mol. The first-order valence-electron chi connectivity index (χ1n) is 9.34. The minimum Gasteiger partial charge on any atom is -0.484 e. The summed E-state index contributed by atoms with van der Waals surface area (Å²) in [5, 5.41) is 4.61. The van der Waals surface area contributed by atoms with E-state index < -0.39 is 0 Å². The summed E-state index contributed by atoms with van der Waals surface area (Å²) in [6, 6.07) is 12.8. The molecule has 0 unspecified atom stereocenters. The van der Waals surface area contributed by atoms with Crippen LogP contribution in [0.5, 0.6) is 5.75 Å². The van der Waals surface area contributed by atoms with Crippen LogP contribution in [0.25, 0.3) is 11.4 Å². The predicted molar refractivity (Wildman–Crippen MR) is 105 cm³/mol. The highest BCUT2D eigenvalue weighted by molar-refractivity contribution is 6.30. The van der Waals surface area contributed by atoms with E-state index in [0.29, 0.717) is 41.1 Å². The Bertz CT molecular complexity index is 976. The summed E-state index contributed by atoms with van der Waals surface area (Å²) in [7, 11) is 0. The molecular weight excluding hydrogens is 397 g/mol. The van der Waals surface area contributed by atoms with E-state index in [4.69, 9.17) is 20.9 Å². The molecule has 0 saturated carbocycles. The highest BCUT2D eigenvalue weighted by atomic mass is 35.5. The molecule has 150 valence electrons. The number of benzene rings is 2. The summed E-state index contributed by atoms with van der Waals surface area (Å²) in [5.74, 6) is 1.04. The number of rotatable bonds is 5. The molecule has 4 rings (SSSR count). The maximum Gasteiger partial charge on any atom is 0.260 e. The van der Waals surface area contributed by atoms with Gasteiger partial charge in [0.05, 0.1) is 5.92 Å². The average Bonchev–Trinajstić information content (AvgIpc) is 3.24. The third-order valence-electron chi connectivity index (χ3n) is 4.84. The maximum atomic E-state index is 13.1. The van der Waals surface area contributed by atoms with E-state index in [1.807, 2.05) is 0 Å². The van der Waals surface area contributed by atoms with Gasteiger partial charge in [-0.3, -0.25) is 4.79 Å². The topological polar surface area (TPSA) is 68.5 Å². The molecule has 1 amide bonds. The number of carbonyl (C=O) groups is 1. The number of halogens is 2. The molecule has 1 aliphatic heterocycles. The van der Waals surface area contributed by atoms with Crippen LogP contribution in [0, 0.1) is 5.82 Å². The number of hydrogen-bond donors (Lipinski definition) is 0. The Balaban J connectivity index is 1.37. The predicted octanol–water partition coefficient (Wildman–Crippen LogP) is 4.31. The molecule has 6 nitrogen and oxygen atoms in total. The van der Waals surface area contributed by atoms with E-state index in [1.54, 1.807) is 41.3 Å². The smallest absolute Gasteiger partial charge is 0.260 e. The van der Waals surface area contributed by atoms with Crippen LogP contribution in [0.3, 0.4) is 0 Å². The van der Waals surface area contributed by atoms with Crippen molar-refractivity contribution in [1.82, 2.24) is 15.0 Å². The highest BCUT2D eigenvalue weighted by Crippen LogP contribution is 2.28. The molecule has 8 heteroatoms. The molecule has 1 aromatic heterocycles. The molecule has 1 fully saturated rings. The van der Waals surface area contributed by atoms with Gasteiger partial charge in [0.25, 0.3) is 5.91 Å². The van der Waals surface area contributed by atoms with Gasteiger partial charge in [-0.1, -0.05) is 16.8 Å². The molecule has 2 aromatic carbocycles. The minimum absolute atomic E-state index is 0.0371. The SMILES string of the molecule is O=C(COc1ccc(Cl)cc1)N1CCC[C@@H](c2nc(-c3ccc(F)cc3)no2)C1. The molecule has 1 saturated heterocycles. The molecular formula is C21H19ClFN3O3. The molecule has 0 bridgehead atoms. The zero-order chi connectivity index (χ0) is 20.2. The second kappa shape index (κ2) is 8.61. The summed E-state index contributed by atoms with van der Waals surface area (Å²) < 4.78 is 24.1. The third-order valence-corrected chi connectivity index (χ3v) is 5.10. The van der Waals surface area contributed by atoms with Crippen LogP contribution >= 0.6 is 11.6 Å². The van der Waals surface area contributed by atoms with Crippen molar-refractivity contribution in [2.45, 2.75) is 18.8 Å². The van der Waals surface area contributed by atoms with Gasteiger partial charge < -0.3 is 14.2 Å². The number of likely N-dealkylation sites (tertiary alicyclic amines) is 1. The number of hydrogen-bond acceptors (Lipinski definition) is 5. The zero-order valence-electron chi connectivity index (χ0n) is 15.6. The van der Waals surface area contributed by atoms with Gasteiger partial charge in [0, 0.05) is 23.7 Å². The van der Waals surface area contributed by atoms with Crippen molar-refractivity contribution in [2.75, 3.05) is 19.7 Å². The lowest BCUT2D eigenvalue weighted by Crippen LogP contribution is -2.41. The van der Waals surface area contributed by atoms with E-state index in [2.05, 4.69) is 10.1 Å². The van der Waals surface area contributed by atoms with Crippen molar-refractivity contribution in [3.05, 3.63) is 65.3 Å². The third kappa shape index (κ3) is 4.74. The van der Waals surface area contributed by atoms with Crippen molar-refractivity contribution in [1.29, 1.82) is 0 Å². The first-order valence-corrected chi connectivity index (χ1v) is 9.72. The van der Waals surface area contributed by atoms with Gasteiger partial charge in [-0.15, -0.1) is 0 Å². The standard InChI is InChI=1S/C21H19ClFN3O3/c22-16-5-9-18(10-6-16)28-13-19(27)26-11-1-2-15(12-26)21-24-20(25-29-21)14-3-7-17(23)8-4-14/h3-10,15H,1-2,11-13H2/t15-/m1/s1. The molecule has 0 radical (unpaired) electrons. The van der Waals surface area contributed by atoms with Gasteiger partial charge in [0.1, 0.15) is 11.6 Å². The largest absolute Gasteiger partial charge is 0.484 e. The Morgan fingerprint density at radius 3 is 2.72 bits per heavy atom. The summed E-state index contributed by atoms with van der Waals surface area (Å²) >= 11 is 5.85. The fourth-order valence-electron chi connectivity index (χ4n) is 3.29. The van der Waals surface area contributed by atoms with E-state index in [0.717, 1.165) is 12.8 Å². The number of aromatic nitrogens is 2. The Morgan fingerprint density at radius 2 is 1.97 bits per heavy atom. The van der Waals surface area contributed by atoms with Crippen molar-refractivity contribution in [2.24, 2.45) is 0 Å². The molecule has 29 heavy (non-hydrogen) atoms. The highest BCUT2D eigenvalue weighted by Gasteiger charge is 2.29. The molecule has 1 aliphatic rings. The molecule has 0 spiro atoms. The summed E-state index contributed by atoms with van der Waals surface area (Å²) in [4.78, 5) is 18.7. The van der Waals surface area contributed by atoms with E-state index >= 15 is 0 Å². The van der Waals surface area contributed by atoms with Gasteiger partial charge in [-0.2, -0.15) is 4.98 Å². The Hall–Kier alpha value is -2.93. The van der Waals surface area contributed by atoms with Crippen LogP contribution in [-0.2, 0) is 4.79 Å². The van der Waals surface area contributed by atoms with Gasteiger partial charge in [0.2, 0.25) is 11.7 Å². The van der Waals surface area contributed by atoms with Crippen LogP contribution in [0.4, 0.5) is 4.39 Å². The summed E-state index contributed by atoms with van der Waals surface area (Å²) in [6.45, 7) is 1.12. The van der Waals surface area contributed by atoms with Crippen LogP contribution in [0.2, 0.25) is 5.02 Å². The second-order valence-electron chi connectivity index (χ2n) is 6.88. The van der Waals surface area contributed by atoms with Crippen LogP contribution in [-0.4, -0.2) is 40.6 Å². The summed E-state index contributed by atoms with van der Waals surface area (Å²) in [5.41, 5.74) is 0.682. The minimum atomic E-state index is -0.320. The van der Waals surface area contributed by atoms with Crippen molar-refractivity contribution in [3.63, 3.8) is 0 Å². The molecule has 0 aliphatic carbocycles. The molecule has 0 N–H and O–H groups in total. The van der Waals surface area contributed by atoms with Crippen molar-refractivity contribution in [3.8, 4) is 17.1 Å². The Kier molecular flexibility index (Phi) is 5.76. The van der Waals surface area contributed by atoms with E-state index in [1.165, 1.54) is 12.1 Å². The molecule has 3 aromatic rings. The van der Waals surface area contributed by atoms with Crippen molar-refractivity contribution >= 4 is 17.5 Å². The Labute approximate surface area is 172 Å². The van der Waals surface area contributed by atoms with Gasteiger partial charge in [0.15, 0.2) is 6.61 Å². The molecule has 1 atom stereocenters. The fraction of sp³-hybridized carbons (Fsp3) is 0.286. The monoisotopic (exact) mass is 415 g/mol. The number of piperidine rings is 1. The molecule has 2 heterocycles. The first-order chi connectivity index (χ1) is 14.1. The lowest BCUT2D eigenvalue weighted by molar-refractivity contribution is -0.134. The van der Waals surface area contributed by atoms with E-state index in [9.17, 15) is 9.18 Å². The second-order valence-corrected chi connectivity index (χ2v) is 7.32. The van der Waals surface area contributed by atoms with Gasteiger partial charge in [-0.25, -0.2) is 4.39 Å². The quantitative estimate of drug-likeness (QED) is 0.621. The van der Waals surface area contributed by atoms with Gasteiger partial charge >= 0.3 is 0 Å². The lowest BCUT2D eigenvalue weighted by Gasteiger charge is -2.30. The number of ether oxygens (including phenoxy) is 1.